The van der Waals surface area contributed by atoms with E-state index in [9.17, 15) is 4.79 Å². The van der Waals surface area contributed by atoms with Crippen LogP contribution in [-0.2, 0) is 9.53 Å². The van der Waals surface area contributed by atoms with Gasteiger partial charge in [0.25, 0.3) is 0 Å². The zero-order chi connectivity index (χ0) is 10.2. The second-order valence-electron chi connectivity index (χ2n) is 4.28. The van der Waals surface area contributed by atoms with Crippen molar-refractivity contribution in [1.82, 2.24) is 10.2 Å². The first kappa shape index (κ1) is 9.93. The smallest absolute Gasteiger partial charge is 0.327 e. The molecule has 0 bridgehead atoms. The molecule has 14 heavy (non-hydrogen) atoms. The maximum atomic E-state index is 11.6. The van der Waals surface area contributed by atoms with Crippen molar-refractivity contribution in [2.75, 3.05) is 27.2 Å². The first-order valence-electron chi connectivity index (χ1n) is 5.23. The van der Waals surface area contributed by atoms with Gasteiger partial charge in [0.15, 0.2) is 0 Å². The molecule has 1 aliphatic heterocycles. The maximum absolute atomic E-state index is 11.6. The van der Waals surface area contributed by atoms with E-state index in [1.807, 2.05) is 7.05 Å². The molecular weight excluding hydrogens is 180 g/mol. The highest BCUT2D eigenvalue weighted by atomic mass is 16.5. The van der Waals surface area contributed by atoms with Crippen molar-refractivity contribution in [1.29, 1.82) is 0 Å². The van der Waals surface area contributed by atoms with Crippen LogP contribution in [0.3, 0.4) is 0 Å². The van der Waals surface area contributed by atoms with Gasteiger partial charge in [-0.05, 0) is 26.3 Å². The fourth-order valence-electron chi connectivity index (χ4n) is 2.26. The minimum atomic E-state index is -0.447. The average molecular weight is 198 g/mol. The number of likely N-dealkylation sites (N-methyl/N-ethyl adjacent to an activating group) is 1. The topological polar surface area (TPSA) is 41.6 Å². The van der Waals surface area contributed by atoms with Crippen molar-refractivity contribution in [3.8, 4) is 0 Å². The van der Waals surface area contributed by atoms with Gasteiger partial charge in [0.1, 0.15) is 5.54 Å². The average Bonchev–Trinajstić information content (AvgIpc) is 2.98. The molecule has 0 radical (unpaired) electrons. The van der Waals surface area contributed by atoms with Crippen LogP contribution in [-0.4, -0.2) is 49.7 Å². The van der Waals surface area contributed by atoms with Crippen LogP contribution in [0, 0.1) is 0 Å². The molecule has 1 saturated heterocycles. The molecule has 4 nitrogen and oxygen atoms in total. The number of hydrogen-bond acceptors (Lipinski definition) is 4. The molecule has 0 aromatic rings. The Morgan fingerprint density at radius 3 is 2.79 bits per heavy atom. The largest absolute Gasteiger partial charge is 0.468 e. The van der Waals surface area contributed by atoms with Gasteiger partial charge in [-0.3, -0.25) is 9.69 Å². The normalized spacial score (nSPS) is 33.3. The summed E-state index contributed by atoms with van der Waals surface area (Å²) in [5.74, 6) is -0.122. The Morgan fingerprint density at radius 1 is 1.57 bits per heavy atom. The van der Waals surface area contributed by atoms with Gasteiger partial charge in [-0.1, -0.05) is 0 Å². The second kappa shape index (κ2) is 3.51. The molecule has 0 aromatic heterocycles. The predicted molar refractivity (Wildman–Crippen MR) is 53.0 cm³/mol. The van der Waals surface area contributed by atoms with Crippen molar-refractivity contribution in [3.05, 3.63) is 0 Å². The molecule has 2 fully saturated rings. The highest BCUT2D eigenvalue weighted by Gasteiger charge is 2.47. The molecule has 0 aromatic carbocycles. The van der Waals surface area contributed by atoms with Crippen LogP contribution in [0.5, 0.6) is 0 Å². The van der Waals surface area contributed by atoms with E-state index >= 15 is 0 Å². The van der Waals surface area contributed by atoms with Crippen LogP contribution in [0.25, 0.3) is 0 Å². The monoisotopic (exact) mass is 198 g/mol. The summed E-state index contributed by atoms with van der Waals surface area (Å²) < 4.78 is 4.85. The number of likely N-dealkylation sites (tertiary alicyclic amines) is 1. The van der Waals surface area contributed by atoms with Gasteiger partial charge >= 0.3 is 5.97 Å². The molecule has 0 spiro atoms. The van der Waals surface area contributed by atoms with Crippen LogP contribution in [0.2, 0.25) is 0 Å². The Hall–Kier alpha value is -0.610. The van der Waals surface area contributed by atoms with Crippen molar-refractivity contribution in [2.45, 2.75) is 30.8 Å². The first-order valence-corrected chi connectivity index (χ1v) is 5.23. The number of ether oxygens (including phenoxy) is 1. The van der Waals surface area contributed by atoms with Crippen LogP contribution in [0.15, 0.2) is 0 Å². The molecule has 1 aliphatic carbocycles. The lowest BCUT2D eigenvalue weighted by Gasteiger charge is -2.25. The van der Waals surface area contributed by atoms with E-state index in [0.717, 1.165) is 25.6 Å². The van der Waals surface area contributed by atoms with Gasteiger partial charge in [-0.2, -0.15) is 0 Å². The maximum Gasteiger partial charge on any atom is 0.327 e. The molecule has 80 valence electrons. The van der Waals surface area contributed by atoms with E-state index in [1.54, 1.807) is 0 Å². The number of carbonyl (C=O) groups is 1. The van der Waals surface area contributed by atoms with E-state index < -0.39 is 5.54 Å². The van der Waals surface area contributed by atoms with Crippen molar-refractivity contribution in [2.24, 2.45) is 0 Å². The highest BCUT2D eigenvalue weighted by molar-refractivity contribution is 5.81. The molecule has 2 aliphatic rings. The fourth-order valence-corrected chi connectivity index (χ4v) is 2.26. The SMILES string of the molecule is CNC1(C(=O)OC)CCN(C2CC2)C1. The molecule has 1 saturated carbocycles. The molecule has 1 heterocycles. The van der Waals surface area contributed by atoms with E-state index in [0.29, 0.717) is 0 Å². The second-order valence-corrected chi connectivity index (χ2v) is 4.28. The Balaban J connectivity index is 2.03. The lowest BCUT2D eigenvalue weighted by Crippen LogP contribution is -2.53. The highest BCUT2D eigenvalue weighted by Crippen LogP contribution is 2.33. The zero-order valence-corrected chi connectivity index (χ0v) is 8.88. The summed E-state index contributed by atoms with van der Waals surface area (Å²) in [6.45, 7) is 1.82. The number of carbonyl (C=O) groups excluding carboxylic acids is 1. The predicted octanol–water partition coefficient (Wildman–Crippen LogP) is -0.0143. The van der Waals surface area contributed by atoms with Crippen LogP contribution in [0.1, 0.15) is 19.3 Å². The van der Waals surface area contributed by atoms with E-state index in [4.69, 9.17) is 4.74 Å². The summed E-state index contributed by atoms with van der Waals surface area (Å²) >= 11 is 0. The van der Waals surface area contributed by atoms with E-state index in [2.05, 4.69) is 10.2 Å². The number of hydrogen-bond donors (Lipinski definition) is 1. The lowest BCUT2D eigenvalue weighted by atomic mass is 9.99. The Labute approximate surface area is 84.6 Å². The van der Waals surface area contributed by atoms with Crippen LogP contribution >= 0.6 is 0 Å². The van der Waals surface area contributed by atoms with Gasteiger partial charge < -0.3 is 10.1 Å². The third kappa shape index (κ3) is 1.53. The van der Waals surface area contributed by atoms with Gasteiger partial charge in [0.05, 0.1) is 7.11 Å². The quantitative estimate of drug-likeness (QED) is 0.647. The lowest BCUT2D eigenvalue weighted by molar-refractivity contribution is -0.147. The summed E-state index contributed by atoms with van der Waals surface area (Å²) in [5.41, 5.74) is -0.447. The third-order valence-electron chi connectivity index (χ3n) is 3.42. The van der Waals surface area contributed by atoms with Crippen LogP contribution in [0.4, 0.5) is 0 Å². The number of nitrogens with one attached hydrogen (secondary N) is 1. The van der Waals surface area contributed by atoms with Crippen LogP contribution < -0.4 is 5.32 Å². The summed E-state index contributed by atoms with van der Waals surface area (Å²) in [6, 6.07) is 0.731. The standard InChI is InChI=1S/C10H18N2O2/c1-11-10(9(13)14-2)5-6-12(7-10)8-3-4-8/h8,11H,3-7H2,1-2H3. The molecule has 0 amide bonds. The first-order chi connectivity index (χ1) is 6.72. The molecule has 2 rings (SSSR count). The summed E-state index contributed by atoms with van der Waals surface area (Å²) in [5, 5.41) is 3.12. The molecular formula is C10H18N2O2. The zero-order valence-electron chi connectivity index (χ0n) is 8.88. The minimum Gasteiger partial charge on any atom is -0.468 e. The number of esters is 1. The number of methoxy groups -OCH3 is 1. The van der Waals surface area contributed by atoms with Crippen molar-refractivity contribution < 1.29 is 9.53 Å². The molecule has 4 heteroatoms. The Morgan fingerprint density at radius 2 is 2.29 bits per heavy atom. The molecule has 1 unspecified atom stereocenters. The van der Waals surface area contributed by atoms with Gasteiger partial charge in [-0.25, -0.2) is 0 Å². The third-order valence-corrected chi connectivity index (χ3v) is 3.42. The molecule has 1 N–H and O–H groups in total. The summed E-state index contributed by atoms with van der Waals surface area (Å²) in [6.07, 6.45) is 3.45. The Bertz CT molecular complexity index is 240. The summed E-state index contributed by atoms with van der Waals surface area (Å²) in [7, 11) is 3.30. The fraction of sp³-hybridized carbons (Fsp3) is 0.900. The summed E-state index contributed by atoms with van der Waals surface area (Å²) in [4.78, 5) is 14.0. The van der Waals surface area contributed by atoms with Crippen molar-refractivity contribution >= 4 is 5.97 Å². The van der Waals surface area contributed by atoms with Crippen molar-refractivity contribution in [3.63, 3.8) is 0 Å². The number of nitrogens with zero attached hydrogens (tertiary/aromatic N) is 1. The minimum absolute atomic E-state index is 0.122. The number of rotatable bonds is 3. The van der Waals surface area contributed by atoms with Gasteiger partial charge in [-0.15, -0.1) is 0 Å². The Kier molecular flexibility index (Phi) is 2.49. The van der Waals surface area contributed by atoms with Gasteiger partial charge in [0, 0.05) is 19.1 Å². The van der Waals surface area contributed by atoms with E-state index in [-0.39, 0.29) is 5.97 Å². The van der Waals surface area contributed by atoms with Gasteiger partial charge in [0.2, 0.25) is 0 Å². The van der Waals surface area contributed by atoms with E-state index in [1.165, 1.54) is 20.0 Å². The molecule has 1 atom stereocenters.